The zero-order chi connectivity index (χ0) is 18.8. The van der Waals surface area contributed by atoms with Gasteiger partial charge in [0.1, 0.15) is 0 Å². The molecule has 1 fully saturated rings. The molecular weight excluding hydrogens is 288 g/mol. The van der Waals surface area contributed by atoms with E-state index in [0.29, 0.717) is 0 Å². The predicted octanol–water partition coefficient (Wildman–Crippen LogP) is 7.78. The predicted molar refractivity (Wildman–Crippen MR) is 110 cm³/mol. The van der Waals surface area contributed by atoms with Gasteiger partial charge in [-0.25, -0.2) is 0 Å². The van der Waals surface area contributed by atoms with Gasteiger partial charge in [-0.15, -0.1) is 0 Å². The van der Waals surface area contributed by atoms with Crippen LogP contribution in [0.2, 0.25) is 0 Å². The van der Waals surface area contributed by atoms with Crippen LogP contribution in [0.4, 0.5) is 0 Å². The van der Waals surface area contributed by atoms with Crippen molar-refractivity contribution in [1.29, 1.82) is 0 Å². The summed E-state index contributed by atoms with van der Waals surface area (Å²) in [6.07, 6.45) is 2.74. The van der Waals surface area contributed by atoms with Crippen molar-refractivity contribution in [1.82, 2.24) is 0 Å². The van der Waals surface area contributed by atoms with Crippen LogP contribution < -0.4 is 0 Å². The summed E-state index contributed by atoms with van der Waals surface area (Å²) in [5.41, 5.74) is 0. The van der Waals surface area contributed by atoms with Crippen LogP contribution in [0.25, 0.3) is 0 Å². The zero-order valence-corrected chi connectivity index (χ0v) is 18.8. The van der Waals surface area contributed by atoms with E-state index in [1.165, 1.54) is 12.8 Å². The van der Waals surface area contributed by atoms with E-state index in [9.17, 15) is 0 Å². The van der Waals surface area contributed by atoms with Crippen molar-refractivity contribution in [2.75, 3.05) is 0 Å². The van der Waals surface area contributed by atoms with Crippen molar-refractivity contribution >= 4 is 0 Å². The highest BCUT2D eigenvalue weighted by Gasteiger charge is 2.46. The van der Waals surface area contributed by atoms with Gasteiger partial charge in [0.2, 0.25) is 0 Å². The Kier molecular flexibility index (Phi) is 8.35. The molecule has 0 radical (unpaired) electrons. The summed E-state index contributed by atoms with van der Waals surface area (Å²) >= 11 is 0. The Morgan fingerprint density at radius 1 is 0.583 bits per heavy atom. The van der Waals surface area contributed by atoms with Crippen LogP contribution in [0, 0.1) is 65.1 Å². The lowest BCUT2D eigenvalue weighted by atomic mass is 9.67. The fraction of sp³-hybridized carbons (Fsp3) is 1.00. The summed E-state index contributed by atoms with van der Waals surface area (Å²) < 4.78 is 0. The first-order valence-electron chi connectivity index (χ1n) is 11.0. The molecule has 144 valence electrons. The van der Waals surface area contributed by atoms with Crippen molar-refractivity contribution in [3.63, 3.8) is 0 Å². The normalized spacial score (nSPS) is 33.9. The molecule has 0 N–H and O–H groups in total. The molecule has 0 heteroatoms. The van der Waals surface area contributed by atoms with Crippen molar-refractivity contribution in [3.05, 3.63) is 0 Å². The van der Waals surface area contributed by atoms with Gasteiger partial charge < -0.3 is 0 Å². The topological polar surface area (TPSA) is 0 Å². The minimum atomic E-state index is 0.820. The molecule has 0 amide bonds. The van der Waals surface area contributed by atoms with E-state index in [2.05, 4.69) is 76.2 Å². The first kappa shape index (κ1) is 22.0. The van der Waals surface area contributed by atoms with Crippen LogP contribution in [-0.4, -0.2) is 0 Å². The van der Waals surface area contributed by atoms with Crippen molar-refractivity contribution in [2.24, 2.45) is 65.1 Å². The Bertz CT molecular complexity index is 351. The zero-order valence-electron chi connectivity index (χ0n) is 18.8. The molecule has 1 saturated carbocycles. The molecule has 1 rings (SSSR count). The Morgan fingerprint density at radius 2 is 0.958 bits per heavy atom. The van der Waals surface area contributed by atoms with Gasteiger partial charge in [-0.3, -0.25) is 0 Å². The molecule has 0 heterocycles. The molecule has 0 aromatic carbocycles. The number of hydrogen-bond donors (Lipinski definition) is 0. The molecule has 24 heavy (non-hydrogen) atoms. The minimum Gasteiger partial charge on any atom is -0.0651 e. The molecule has 0 aromatic heterocycles. The molecule has 10 atom stereocenters. The van der Waals surface area contributed by atoms with Crippen molar-refractivity contribution < 1.29 is 0 Å². The van der Waals surface area contributed by atoms with Crippen LogP contribution in [0.15, 0.2) is 0 Å². The smallest absolute Gasteiger partial charge is 0.0331 e. The maximum atomic E-state index is 2.53. The van der Waals surface area contributed by atoms with Gasteiger partial charge in [0.05, 0.1) is 0 Å². The van der Waals surface area contributed by atoms with Crippen LogP contribution in [-0.2, 0) is 0 Å². The van der Waals surface area contributed by atoms with Gasteiger partial charge in [0.15, 0.2) is 0 Å². The Hall–Kier alpha value is 0. The molecule has 1 aliphatic carbocycles. The summed E-state index contributed by atoms with van der Waals surface area (Å²) in [5, 5.41) is 0. The van der Waals surface area contributed by atoms with E-state index in [-0.39, 0.29) is 0 Å². The Morgan fingerprint density at radius 3 is 1.33 bits per heavy atom. The van der Waals surface area contributed by atoms with E-state index < -0.39 is 0 Å². The fourth-order valence-electron chi connectivity index (χ4n) is 5.54. The molecule has 0 aliphatic heterocycles. The summed E-state index contributed by atoms with van der Waals surface area (Å²) in [4.78, 5) is 0. The highest BCUT2D eigenvalue weighted by Crippen LogP contribution is 2.52. The maximum Gasteiger partial charge on any atom is -0.0331 e. The van der Waals surface area contributed by atoms with E-state index in [0.717, 1.165) is 65.1 Å². The maximum absolute atomic E-state index is 2.53. The van der Waals surface area contributed by atoms with Crippen molar-refractivity contribution in [3.8, 4) is 0 Å². The summed E-state index contributed by atoms with van der Waals surface area (Å²) in [6.45, 7) is 27.3. The lowest BCUT2D eigenvalue weighted by molar-refractivity contribution is 0.109. The lowest BCUT2D eigenvalue weighted by Gasteiger charge is -2.38. The van der Waals surface area contributed by atoms with Gasteiger partial charge in [-0.2, -0.15) is 0 Å². The van der Waals surface area contributed by atoms with Gasteiger partial charge in [-0.1, -0.05) is 82.6 Å². The van der Waals surface area contributed by atoms with E-state index in [1.54, 1.807) is 0 Å². The van der Waals surface area contributed by atoms with Gasteiger partial charge >= 0.3 is 0 Å². The quantitative estimate of drug-likeness (QED) is 0.382. The number of rotatable bonds is 10. The summed E-state index contributed by atoms with van der Waals surface area (Å²) in [6, 6.07) is 0. The molecule has 0 nitrogen and oxygen atoms in total. The first-order chi connectivity index (χ1) is 11.0. The third-order valence-corrected chi connectivity index (χ3v) is 9.06. The van der Waals surface area contributed by atoms with Crippen molar-refractivity contribution in [2.45, 2.75) is 89.0 Å². The monoisotopic (exact) mass is 336 g/mol. The third-order valence-electron chi connectivity index (χ3n) is 9.06. The summed E-state index contributed by atoms with van der Waals surface area (Å²) in [5.74, 6) is 9.67. The average Bonchev–Trinajstić information content (AvgIpc) is 3.16. The minimum absolute atomic E-state index is 0.820. The lowest BCUT2D eigenvalue weighted by Crippen LogP contribution is -2.31. The average molecular weight is 337 g/mol. The van der Waals surface area contributed by atoms with Gasteiger partial charge in [-0.05, 0) is 71.5 Å². The molecule has 1 aliphatic rings. The van der Waals surface area contributed by atoms with Crippen LogP contribution in [0.1, 0.15) is 89.0 Å². The van der Waals surface area contributed by atoms with Crippen LogP contribution in [0.3, 0.4) is 0 Å². The third kappa shape index (κ3) is 5.01. The molecule has 0 saturated heterocycles. The molecule has 0 spiro atoms. The molecule has 0 aromatic rings. The largest absolute Gasteiger partial charge is 0.0651 e. The van der Waals surface area contributed by atoms with E-state index in [4.69, 9.17) is 0 Å². The highest BCUT2D eigenvalue weighted by molar-refractivity contribution is 4.94. The second-order valence-corrected chi connectivity index (χ2v) is 10.2. The molecular formula is C24H48. The standard InChI is InChI=1S/C24H48/c1-12-14(2)17(5)19(7)21(9)20(8)18(6)15(3)13-16(4)24-22(10)23(24)11/h14-24H,12-13H2,1-11H3. The molecule has 0 bridgehead atoms. The van der Waals surface area contributed by atoms with Crippen LogP contribution >= 0.6 is 0 Å². The summed E-state index contributed by atoms with van der Waals surface area (Å²) in [7, 11) is 0. The van der Waals surface area contributed by atoms with Crippen LogP contribution in [0.5, 0.6) is 0 Å². The Balaban J connectivity index is 2.56. The Labute approximate surface area is 154 Å². The van der Waals surface area contributed by atoms with E-state index >= 15 is 0 Å². The van der Waals surface area contributed by atoms with Gasteiger partial charge in [0.25, 0.3) is 0 Å². The SMILES string of the molecule is CCC(C)C(C)C(C)C(C)C(C)C(C)C(C)CC(C)C1C(C)C1C. The highest BCUT2D eigenvalue weighted by atomic mass is 14.5. The fourth-order valence-corrected chi connectivity index (χ4v) is 5.54. The molecule has 10 unspecified atom stereocenters. The second-order valence-electron chi connectivity index (χ2n) is 10.2. The number of hydrogen-bond acceptors (Lipinski definition) is 0. The second kappa shape index (κ2) is 9.09. The van der Waals surface area contributed by atoms with Gasteiger partial charge in [0, 0.05) is 0 Å². The van der Waals surface area contributed by atoms with E-state index in [1.807, 2.05) is 0 Å². The first-order valence-corrected chi connectivity index (χ1v) is 11.0.